The van der Waals surface area contributed by atoms with Gasteiger partial charge in [-0.2, -0.15) is 0 Å². The van der Waals surface area contributed by atoms with E-state index in [4.69, 9.17) is 9.97 Å². The van der Waals surface area contributed by atoms with Crippen LogP contribution in [-0.4, -0.2) is 32.1 Å². The first-order valence-electron chi connectivity index (χ1n) is 10.4. The molecule has 0 amide bonds. The Kier molecular flexibility index (Phi) is 6.26. The summed E-state index contributed by atoms with van der Waals surface area (Å²) < 4.78 is 0. The number of hydrogen-bond acceptors (Lipinski definition) is 5. The number of hydrogen-bond donors (Lipinski definition) is 0. The van der Waals surface area contributed by atoms with Crippen LogP contribution in [0.3, 0.4) is 0 Å². The van der Waals surface area contributed by atoms with E-state index in [2.05, 4.69) is 67.1 Å². The Labute approximate surface area is 177 Å². The molecular formula is C24H28N4S. The lowest BCUT2D eigenvalue weighted by Crippen LogP contribution is -2.31. The Morgan fingerprint density at radius 1 is 1.03 bits per heavy atom. The van der Waals surface area contributed by atoms with E-state index in [0.717, 1.165) is 43.3 Å². The SMILES string of the molecule is CCSc1ccc(-c2ccc(CN3CCc4nc(C(C)C)ncc4C3)cn2)cc1. The lowest BCUT2D eigenvalue weighted by atomic mass is 10.1. The lowest BCUT2D eigenvalue weighted by Gasteiger charge is -2.28. The van der Waals surface area contributed by atoms with Crippen LogP contribution in [-0.2, 0) is 19.5 Å². The maximum Gasteiger partial charge on any atom is 0.131 e. The van der Waals surface area contributed by atoms with Gasteiger partial charge in [-0.1, -0.05) is 39.0 Å². The van der Waals surface area contributed by atoms with E-state index in [-0.39, 0.29) is 0 Å². The van der Waals surface area contributed by atoms with Gasteiger partial charge in [0.05, 0.1) is 5.69 Å². The fourth-order valence-electron chi connectivity index (χ4n) is 3.64. The van der Waals surface area contributed by atoms with Crippen molar-refractivity contribution in [2.75, 3.05) is 12.3 Å². The van der Waals surface area contributed by atoms with Crippen LogP contribution in [0.1, 0.15) is 49.3 Å². The van der Waals surface area contributed by atoms with Gasteiger partial charge in [0, 0.05) is 66.1 Å². The number of nitrogens with zero attached hydrogens (tertiary/aromatic N) is 4. The van der Waals surface area contributed by atoms with Crippen LogP contribution in [0.25, 0.3) is 11.3 Å². The van der Waals surface area contributed by atoms with Gasteiger partial charge in [0.25, 0.3) is 0 Å². The molecule has 4 rings (SSSR count). The predicted octanol–water partition coefficient (Wildman–Crippen LogP) is 5.33. The molecule has 0 radical (unpaired) electrons. The molecule has 3 aromatic rings. The van der Waals surface area contributed by atoms with Crippen molar-refractivity contribution >= 4 is 11.8 Å². The fourth-order valence-corrected chi connectivity index (χ4v) is 4.30. The zero-order chi connectivity index (χ0) is 20.2. The third-order valence-electron chi connectivity index (χ3n) is 5.24. The van der Waals surface area contributed by atoms with Gasteiger partial charge < -0.3 is 0 Å². The normalized spacial score (nSPS) is 14.2. The second kappa shape index (κ2) is 9.06. The number of thioether (sulfide) groups is 1. The number of fused-ring (bicyclic) bond motifs is 1. The Morgan fingerprint density at radius 2 is 1.86 bits per heavy atom. The zero-order valence-corrected chi connectivity index (χ0v) is 18.2. The average molecular weight is 405 g/mol. The summed E-state index contributed by atoms with van der Waals surface area (Å²) in [6.07, 6.45) is 5.02. The highest BCUT2D eigenvalue weighted by Crippen LogP contribution is 2.24. The molecule has 4 nitrogen and oxygen atoms in total. The van der Waals surface area contributed by atoms with Crippen LogP contribution < -0.4 is 0 Å². The molecule has 2 aromatic heterocycles. The van der Waals surface area contributed by atoms with Gasteiger partial charge in [-0.3, -0.25) is 9.88 Å². The van der Waals surface area contributed by atoms with E-state index in [1.807, 2.05) is 24.2 Å². The molecule has 1 aliphatic rings. The largest absolute Gasteiger partial charge is 0.294 e. The molecule has 0 saturated heterocycles. The van der Waals surface area contributed by atoms with E-state index in [1.165, 1.54) is 27.3 Å². The molecule has 1 aromatic carbocycles. The summed E-state index contributed by atoms with van der Waals surface area (Å²) >= 11 is 1.86. The molecule has 150 valence electrons. The van der Waals surface area contributed by atoms with Crippen LogP contribution in [0.2, 0.25) is 0 Å². The minimum atomic E-state index is 0.379. The van der Waals surface area contributed by atoms with Crippen molar-refractivity contribution in [2.45, 2.75) is 51.1 Å². The Morgan fingerprint density at radius 3 is 2.55 bits per heavy atom. The Bertz CT molecular complexity index is 952. The quantitative estimate of drug-likeness (QED) is 0.519. The minimum absolute atomic E-state index is 0.379. The van der Waals surface area contributed by atoms with Crippen LogP contribution in [0.15, 0.2) is 53.7 Å². The second-order valence-electron chi connectivity index (χ2n) is 7.82. The first kappa shape index (κ1) is 20.0. The highest BCUT2D eigenvalue weighted by atomic mass is 32.2. The molecule has 3 heterocycles. The number of aromatic nitrogens is 3. The Balaban J connectivity index is 1.40. The van der Waals surface area contributed by atoms with Crippen molar-refractivity contribution in [2.24, 2.45) is 0 Å². The van der Waals surface area contributed by atoms with Gasteiger partial charge in [-0.25, -0.2) is 9.97 Å². The standard InChI is InChI=1S/C24H28N4S/c1-4-29-21-8-6-19(7-9-21)22-10-5-18(13-25-22)15-28-12-11-23-20(16-28)14-26-24(27-23)17(2)3/h5-10,13-14,17H,4,11-12,15-16H2,1-3H3. The molecule has 5 heteroatoms. The minimum Gasteiger partial charge on any atom is -0.294 e. The van der Waals surface area contributed by atoms with Crippen LogP contribution in [0.5, 0.6) is 0 Å². The van der Waals surface area contributed by atoms with Gasteiger partial charge in [-0.05, 0) is 29.5 Å². The lowest BCUT2D eigenvalue weighted by molar-refractivity contribution is 0.242. The molecule has 0 fully saturated rings. The van der Waals surface area contributed by atoms with Crippen molar-refractivity contribution in [1.29, 1.82) is 0 Å². The van der Waals surface area contributed by atoms with Gasteiger partial charge in [0.2, 0.25) is 0 Å². The third-order valence-corrected chi connectivity index (χ3v) is 6.13. The molecule has 0 saturated carbocycles. The predicted molar refractivity (Wildman–Crippen MR) is 120 cm³/mol. The molecule has 0 unspecified atom stereocenters. The maximum absolute atomic E-state index is 4.77. The summed E-state index contributed by atoms with van der Waals surface area (Å²) in [5, 5.41) is 0. The van der Waals surface area contributed by atoms with Gasteiger partial charge in [-0.15, -0.1) is 11.8 Å². The summed E-state index contributed by atoms with van der Waals surface area (Å²) in [7, 11) is 0. The van der Waals surface area contributed by atoms with Crippen LogP contribution in [0.4, 0.5) is 0 Å². The van der Waals surface area contributed by atoms with E-state index in [0.29, 0.717) is 5.92 Å². The highest BCUT2D eigenvalue weighted by Gasteiger charge is 2.19. The monoisotopic (exact) mass is 404 g/mol. The number of benzene rings is 1. The van der Waals surface area contributed by atoms with Gasteiger partial charge in [0.15, 0.2) is 0 Å². The molecular weight excluding hydrogens is 376 g/mol. The zero-order valence-electron chi connectivity index (χ0n) is 17.4. The third kappa shape index (κ3) is 4.85. The first-order chi connectivity index (χ1) is 14.1. The van der Waals surface area contributed by atoms with E-state index in [9.17, 15) is 0 Å². The van der Waals surface area contributed by atoms with E-state index >= 15 is 0 Å². The van der Waals surface area contributed by atoms with Crippen molar-refractivity contribution in [3.05, 3.63) is 71.4 Å². The first-order valence-corrected chi connectivity index (χ1v) is 11.4. The molecule has 0 atom stereocenters. The summed E-state index contributed by atoms with van der Waals surface area (Å²) in [6.45, 7) is 9.31. The summed E-state index contributed by atoms with van der Waals surface area (Å²) in [4.78, 5) is 17.8. The smallest absolute Gasteiger partial charge is 0.131 e. The van der Waals surface area contributed by atoms with Gasteiger partial charge in [0.1, 0.15) is 5.82 Å². The van der Waals surface area contributed by atoms with Crippen molar-refractivity contribution < 1.29 is 0 Å². The number of pyridine rings is 1. The molecule has 29 heavy (non-hydrogen) atoms. The Hall–Kier alpha value is -2.24. The maximum atomic E-state index is 4.77. The van der Waals surface area contributed by atoms with Crippen LogP contribution in [0, 0.1) is 0 Å². The molecule has 0 spiro atoms. The second-order valence-corrected chi connectivity index (χ2v) is 9.16. The van der Waals surface area contributed by atoms with Gasteiger partial charge >= 0.3 is 0 Å². The average Bonchev–Trinajstić information content (AvgIpc) is 2.75. The fraction of sp³-hybridized carbons (Fsp3) is 0.375. The summed E-state index contributed by atoms with van der Waals surface area (Å²) in [5.74, 6) is 2.43. The molecule has 1 aliphatic heterocycles. The topological polar surface area (TPSA) is 41.9 Å². The van der Waals surface area contributed by atoms with E-state index in [1.54, 1.807) is 0 Å². The highest BCUT2D eigenvalue weighted by molar-refractivity contribution is 7.99. The molecule has 0 N–H and O–H groups in total. The summed E-state index contributed by atoms with van der Waals surface area (Å²) in [5.41, 5.74) is 5.92. The molecule has 0 bridgehead atoms. The van der Waals surface area contributed by atoms with Crippen molar-refractivity contribution in [1.82, 2.24) is 19.9 Å². The molecule has 0 aliphatic carbocycles. The van der Waals surface area contributed by atoms with Crippen molar-refractivity contribution in [3.8, 4) is 11.3 Å². The van der Waals surface area contributed by atoms with E-state index < -0.39 is 0 Å². The van der Waals surface area contributed by atoms with Crippen molar-refractivity contribution in [3.63, 3.8) is 0 Å². The number of rotatable bonds is 6. The van der Waals surface area contributed by atoms with Crippen LogP contribution >= 0.6 is 11.8 Å². The summed E-state index contributed by atoms with van der Waals surface area (Å²) in [6, 6.07) is 13.0.